The van der Waals surface area contributed by atoms with Gasteiger partial charge in [0.25, 0.3) is 0 Å². The van der Waals surface area contributed by atoms with E-state index in [1.807, 2.05) is 20.8 Å². The van der Waals surface area contributed by atoms with Gasteiger partial charge in [0.1, 0.15) is 11.1 Å². The van der Waals surface area contributed by atoms with Crippen molar-refractivity contribution in [1.29, 1.82) is 0 Å². The second-order valence-electron chi connectivity index (χ2n) is 7.48. The lowest BCUT2D eigenvalue weighted by molar-refractivity contribution is -0.127. The summed E-state index contributed by atoms with van der Waals surface area (Å²) in [5, 5.41) is 5.36. The Balaban J connectivity index is 2.60. The van der Waals surface area contributed by atoms with Crippen LogP contribution in [0.2, 0.25) is 0 Å². The smallest absolute Gasteiger partial charge is 0.410 e. The Morgan fingerprint density at radius 1 is 1.12 bits per heavy atom. The molecule has 0 spiro atoms. The summed E-state index contributed by atoms with van der Waals surface area (Å²) in [4.78, 5) is 37.4. The van der Waals surface area contributed by atoms with Crippen LogP contribution in [0.25, 0.3) is 0 Å². The van der Waals surface area contributed by atoms with Crippen LogP contribution in [0.15, 0.2) is 0 Å². The van der Waals surface area contributed by atoms with Crippen molar-refractivity contribution in [1.82, 2.24) is 15.5 Å². The number of hydrogen-bond acceptors (Lipinski definition) is 5. The Morgan fingerprint density at radius 2 is 1.75 bits per heavy atom. The van der Waals surface area contributed by atoms with E-state index in [1.165, 1.54) is 7.11 Å². The third-order valence-corrected chi connectivity index (χ3v) is 3.58. The highest BCUT2D eigenvalue weighted by atomic mass is 16.6. The van der Waals surface area contributed by atoms with Crippen LogP contribution in [0, 0.1) is 0 Å². The molecule has 0 aromatic heterocycles. The molecule has 0 aromatic rings. The van der Waals surface area contributed by atoms with E-state index in [0.29, 0.717) is 13.1 Å². The first kappa shape index (κ1) is 20.1. The molecule has 0 radical (unpaired) electrons. The quantitative estimate of drug-likeness (QED) is 0.812. The van der Waals surface area contributed by atoms with Gasteiger partial charge in [-0.3, -0.25) is 4.79 Å². The summed E-state index contributed by atoms with van der Waals surface area (Å²) in [6.45, 7) is 9.61. The molecule has 0 unspecified atom stereocenters. The van der Waals surface area contributed by atoms with Crippen molar-refractivity contribution < 1.29 is 23.9 Å². The third-order valence-electron chi connectivity index (χ3n) is 3.58. The first-order chi connectivity index (χ1) is 10.9. The van der Waals surface area contributed by atoms with Crippen molar-refractivity contribution in [2.24, 2.45) is 0 Å². The van der Waals surface area contributed by atoms with Gasteiger partial charge < -0.3 is 25.0 Å². The summed E-state index contributed by atoms with van der Waals surface area (Å²) in [5.41, 5.74) is -1.67. The van der Waals surface area contributed by atoms with E-state index in [9.17, 15) is 14.4 Å². The Morgan fingerprint density at radius 3 is 2.29 bits per heavy atom. The second kappa shape index (κ2) is 7.72. The van der Waals surface area contributed by atoms with Gasteiger partial charge in [-0.05, 0) is 47.5 Å². The molecule has 1 atom stereocenters. The number of nitrogens with zero attached hydrogens (tertiary/aromatic N) is 1. The van der Waals surface area contributed by atoms with Gasteiger partial charge in [0.15, 0.2) is 0 Å². The van der Waals surface area contributed by atoms with Crippen LogP contribution in [-0.2, 0) is 14.3 Å². The average molecular weight is 343 g/mol. The zero-order valence-electron chi connectivity index (χ0n) is 15.4. The van der Waals surface area contributed by atoms with Crippen molar-refractivity contribution in [2.75, 3.05) is 20.2 Å². The topological polar surface area (TPSA) is 97.0 Å². The predicted octanol–water partition coefficient (Wildman–Crippen LogP) is 1.64. The highest BCUT2D eigenvalue weighted by molar-refractivity contribution is 5.89. The summed E-state index contributed by atoms with van der Waals surface area (Å²) < 4.78 is 9.89. The zero-order valence-corrected chi connectivity index (χ0v) is 15.4. The molecular formula is C16H29N3O5. The summed E-state index contributed by atoms with van der Waals surface area (Å²) in [6, 6.07) is -0.183. The highest BCUT2D eigenvalue weighted by Gasteiger charge is 2.34. The molecule has 1 rings (SSSR count). The van der Waals surface area contributed by atoms with E-state index < -0.39 is 17.2 Å². The predicted molar refractivity (Wildman–Crippen MR) is 88.6 cm³/mol. The molecule has 1 fully saturated rings. The van der Waals surface area contributed by atoms with E-state index >= 15 is 0 Å². The Kier molecular flexibility index (Phi) is 6.45. The number of hydrogen-bond donors (Lipinski definition) is 2. The molecule has 1 aliphatic rings. The Hall–Kier alpha value is -1.99. The van der Waals surface area contributed by atoms with Crippen LogP contribution in [0.5, 0.6) is 0 Å². The zero-order chi connectivity index (χ0) is 18.5. The van der Waals surface area contributed by atoms with Gasteiger partial charge >= 0.3 is 12.2 Å². The van der Waals surface area contributed by atoms with E-state index in [2.05, 4.69) is 15.4 Å². The Labute approximate surface area is 143 Å². The fourth-order valence-corrected chi connectivity index (χ4v) is 2.32. The fraction of sp³-hybridized carbons (Fsp3) is 0.812. The number of rotatable bonds is 3. The van der Waals surface area contributed by atoms with Gasteiger partial charge in [0, 0.05) is 19.1 Å². The molecule has 3 amide bonds. The molecule has 0 bridgehead atoms. The molecule has 8 nitrogen and oxygen atoms in total. The fourth-order valence-electron chi connectivity index (χ4n) is 2.32. The first-order valence-corrected chi connectivity index (χ1v) is 8.09. The first-order valence-electron chi connectivity index (χ1n) is 8.09. The standard InChI is InChI=1S/C16H29N3O5/c1-15(2,3)24-14(22)19-9-7-8-11(10-19)17-12(20)16(4,5)18-13(21)23-6/h11H,7-10H2,1-6H3,(H,17,20)(H,18,21)/t11-/m0/s1. The Bertz CT molecular complexity index is 485. The van der Waals surface area contributed by atoms with Crippen molar-refractivity contribution in [3.63, 3.8) is 0 Å². The SMILES string of the molecule is COC(=O)NC(C)(C)C(=O)N[C@H]1CCCN(C(=O)OC(C)(C)C)C1. The molecule has 1 heterocycles. The lowest BCUT2D eigenvalue weighted by Gasteiger charge is -2.35. The maximum absolute atomic E-state index is 12.4. The molecular weight excluding hydrogens is 314 g/mol. The number of methoxy groups -OCH3 is 1. The lowest BCUT2D eigenvalue weighted by Crippen LogP contribution is -2.59. The van der Waals surface area contributed by atoms with Crippen LogP contribution in [0.3, 0.4) is 0 Å². The molecule has 0 aliphatic carbocycles. The largest absolute Gasteiger partial charge is 0.453 e. The maximum atomic E-state index is 12.4. The maximum Gasteiger partial charge on any atom is 0.410 e. The van der Waals surface area contributed by atoms with Gasteiger partial charge in [-0.15, -0.1) is 0 Å². The number of amides is 3. The van der Waals surface area contributed by atoms with Crippen LogP contribution < -0.4 is 10.6 Å². The molecule has 2 N–H and O–H groups in total. The average Bonchev–Trinajstić information content (AvgIpc) is 2.45. The summed E-state index contributed by atoms with van der Waals surface area (Å²) >= 11 is 0. The van der Waals surface area contributed by atoms with Crippen molar-refractivity contribution in [3.05, 3.63) is 0 Å². The van der Waals surface area contributed by atoms with Gasteiger partial charge in [-0.25, -0.2) is 9.59 Å². The van der Waals surface area contributed by atoms with E-state index in [1.54, 1.807) is 18.7 Å². The van der Waals surface area contributed by atoms with Gasteiger partial charge in [-0.2, -0.15) is 0 Å². The summed E-state index contributed by atoms with van der Waals surface area (Å²) in [6.07, 6.45) is 0.483. The van der Waals surface area contributed by atoms with Crippen molar-refractivity contribution in [3.8, 4) is 0 Å². The molecule has 8 heteroatoms. The molecule has 0 saturated carbocycles. The normalized spacial score (nSPS) is 18.6. The molecule has 24 heavy (non-hydrogen) atoms. The molecule has 1 aliphatic heterocycles. The second-order valence-corrected chi connectivity index (χ2v) is 7.48. The monoisotopic (exact) mass is 343 g/mol. The minimum Gasteiger partial charge on any atom is -0.453 e. The van der Waals surface area contributed by atoms with E-state index in [-0.39, 0.29) is 18.0 Å². The lowest BCUT2D eigenvalue weighted by atomic mass is 10.0. The number of ether oxygens (including phenoxy) is 2. The number of carbonyl (C=O) groups is 3. The van der Waals surface area contributed by atoms with Crippen LogP contribution >= 0.6 is 0 Å². The number of alkyl carbamates (subject to hydrolysis) is 1. The number of likely N-dealkylation sites (tertiary alicyclic amines) is 1. The minimum absolute atomic E-state index is 0.183. The van der Waals surface area contributed by atoms with Crippen molar-refractivity contribution in [2.45, 2.75) is 64.6 Å². The highest BCUT2D eigenvalue weighted by Crippen LogP contribution is 2.16. The van der Waals surface area contributed by atoms with E-state index in [0.717, 1.165) is 12.8 Å². The van der Waals surface area contributed by atoms with Crippen molar-refractivity contribution >= 4 is 18.1 Å². The minimum atomic E-state index is -1.11. The number of nitrogens with one attached hydrogen (secondary N) is 2. The van der Waals surface area contributed by atoms with Crippen LogP contribution in [0.1, 0.15) is 47.5 Å². The molecule has 0 aromatic carbocycles. The van der Waals surface area contributed by atoms with E-state index in [4.69, 9.17) is 4.74 Å². The summed E-state index contributed by atoms with van der Waals surface area (Å²) in [5.74, 6) is -0.330. The molecule has 138 valence electrons. The summed E-state index contributed by atoms with van der Waals surface area (Å²) in [7, 11) is 1.24. The third kappa shape index (κ3) is 6.25. The van der Waals surface area contributed by atoms with Crippen LogP contribution in [0.4, 0.5) is 9.59 Å². The van der Waals surface area contributed by atoms with Gasteiger partial charge in [-0.1, -0.05) is 0 Å². The van der Waals surface area contributed by atoms with Crippen LogP contribution in [-0.4, -0.2) is 60.4 Å². The number of piperidine rings is 1. The van der Waals surface area contributed by atoms with Gasteiger partial charge in [0.05, 0.1) is 7.11 Å². The number of carbonyl (C=O) groups excluding carboxylic acids is 3. The molecule has 1 saturated heterocycles. The van der Waals surface area contributed by atoms with Gasteiger partial charge in [0.2, 0.25) is 5.91 Å².